The first-order valence-electron chi connectivity index (χ1n) is 4.85. The van der Waals surface area contributed by atoms with Crippen molar-refractivity contribution >= 4 is 0 Å². The van der Waals surface area contributed by atoms with Crippen LogP contribution in [0.25, 0.3) is 0 Å². The van der Waals surface area contributed by atoms with Crippen LogP contribution in [0.15, 0.2) is 24.4 Å². The lowest BCUT2D eigenvalue weighted by atomic mass is 10.2. The van der Waals surface area contributed by atoms with Crippen molar-refractivity contribution in [3.05, 3.63) is 30.1 Å². The lowest BCUT2D eigenvalue weighted by molar-refractivity contribution is -0.704. The van der Waals surface area contributed by atoms with Crippen LogP contribution in [0.1, 0.15) is 32.4 Å². The van der Waals surface area contributed by atoms with E-state index in [1.54, 1.807) is 0 Å². The molecule has 12 heavy (non-hydrogen) atoms. The van der Waals surface area contributed by atoms with Crippen LogP contribution >= 0.6 is 0 Å². The van der Waals surface area contributed by atoms with E-state index in [9.17, 15) is 0 Å². The molecule has 1 aromatic rings. The van der Waals surface area contributed by atoms with Gasteiger partial charge in [0.15, 0.2) is 11.9 Å². The summed E-state index contributed by atoms with van der Waals surface area (Å²) in [5, 5.41) is 0. The molecule has 0 amide bonds. The number of aromatic nitrogens is 1. The molecule has 0 spiro atoms. The van der Waals surface area contributed by atoms with Crippen molar-refractivity contribution in [1.29, 1.82) is 0 Å². The quantitative estimate of drug-likeness (QED) is 0.601. The second-order valence-corrected chi connectivity index (χ2v) is 3.14. The Kier molecular flexibility index (Phi) is 3.78. The number of nitrogens with zero attached hydrogens (tertiary/aromatic N) is 1. The number of rotatable bonds is 4. The number of aryl methyl sites for hydroxylation is 2. The molecule has 1 aromatic heterocycles. The van der Waals surface area contributed by atoms with Gasteiger partial charge in [-0.05, 0) is 6.42 Å². The van der Waals surface area contributed by atoms with E-state index in [2.05, 4.69) is 42.8 Å². The molecule has 1 rings (SSSR count). The van der Waals surface area contributed by atoms with Gasteiger partial charge in [0.25, 0.3) is 0 Å². The van der Waals surface area contributed by atoms with Gasteiger partial charge in [-0.1, -0.05) is 19.9 Å². The minimum Gasteiger partial charge on any atom is -0.202 e. The zero-order chi connectivity index (χ0) is 8.81. The summed E-state index contributed by atoms with van der Waals surface area (Å²) >= 11 is 0. The highest BCUT2D eigenvalue weighted by atomic mass is 14.9. The van der Waals surface area contributed by atoms with Gasteiger partial charge in [-0.2, -0.15) is 0 Å². The number of hydrogen-bond acceptors (Lipinski definition) is 0. The van der Waals surface area contributed by atoms with Gasteiger partial charge in [-0.3, -0.25) is 0 Å². The molecule has 1 heterocycles. The molecule has 0 saturated heterocycles. The van der Waals surface area contributed by atoms with Crippen molar-refractivity contribution in [2.75, 3.05) is 0 Å². The van der Waals surface area contributed by atoms with Crippen molar-refractivity contribution in [1.82, 2.24) is 0 Å². The summed E-state index contributed by atoms with van der Waals surface area (Å²) in [5.41, 5.74) is 1.46. The minimum absolute atomic E-state index is 1.15. The summed E-state index contributed by atoms with van der Waals surface area (Å²) in [5.74, 6) is 0. The Hall–Kier alpha value is -0.850. The molecule has 0 unspecified atom stereocenters. The van der Waals surface area contributed by atoms with Crippen LogP contribution in [0.3, 0.4) is 0 Å². The third-order valence-electron chi connectivity index (χ3n) is 2.01. The van der Waals surface area contributed by atoms with Gasteiger partial charge in [0.05, 0.1) is 0 Å². The van der Waals surface area contributed by atoms with Gasteiger partial charge in [-0.25, -0.2) is 4.57 Å². The molecule has 66 valence electrons. The highest BCUT2D eigenvalue weighted by Gasteiger charge is 2.05. The van der Waals surface area contributed by atoms with E-state index in [4.69, 9.17) is 0 Å². The first-order valence-corrected chi connectivity index (χ1v) is 4.85. The molecule has 0 atom stereocenters. The van der Waals surface area contributed by atoms with Crippen LogP contribution in [0.5, 0.6) is 0 Å². The molecule has 0 aliphatic heterocycles. The Morgan fingerprint density at radius 1 is 1.17 bits per heavy atom. The maximum atomic E-state index is 2.35. The average molecular weight is 164 g/mol. The zero-order valence-corrected chi connectivity index (χ0v) is 8.09. The van der Waals surface area contributed by atoms with Crippen molar-refractivity contribution in [2.24, 2.45) is 0 Å². The molecular formula is C11H18N+. The Labute approximate surface area is 75.1 Å². The van der Waals surface area contributed by atoms with Crippen LogP contribution in [0.4, 0.5) is 0 Å². The number of pyridine rings is 1. The monoisotopic (exact) mass is 164 g/mol. The molecule has 1 nitrogen and oxygen atoms in total. The largest absolute Gasteiger partial charge is 0.202 e. The van der Waals surface area contributed by atoms with Crippen molar-refractivity contribution < 1.29 is 4.57 Å². The summed E-state index contributed by atoms with van der Waals surface area (Å²) in [7, 11) is 0. The first kappa shape index (κ1) is 9.24. The third-order valence-corrected chi connectivity index (χ3v) is 2.01. The molecule has 0 aliphatic rings. The van der Waals surface area contributed by atoms with Gasteiger partial charge in [-0.15, -0.1) is 0 Å². The molecule has 0 aromatic carbocycles. The number of hydrogen-bond donors (Lipinski definition) is 0. The maximum Gasteiger partial charge on any atom is 0.181 e. The van der Waals surface area contributed by atoms with Crippen LogP contribution in [-0.2, 0) is 13.0 Å². The molecular weight excluding hydrogens is 146 g/mol. The summed E-state index contributed by atoms with van der Waals surface area (Å²) in [6, 6.07) is 6.45. The topological polar surface area (TPSA) is 3.88 Å². The van der Waals surface area contributed by atoms with E-state index < -0.39 is 0 Å². The molecule has 1 heteroatoms. The fourth-order valence-corrected chi connectivity index (χ4v) is 1.45. The van der Waals surface area contributed by atoms with Gasteiger partial charge >= 0.3 is 0 Å². The second kappa shape index (κ2) is 4.91. The molecule has 0 fully saturated rings. The summed E-state index contributed by atoms with van der Waals surface area (Å²) in [6.07, 6.45) is 5.81. The normalized spacial score (nSPS) is 10.2. The highest BCUT2D eigenvalue weighted by Crippen LogP contribution is 1.96. The lowest BCUT2D eigenvalue weighted by Crippen LogP contribution is -2.37. The second-order valence-electron chi connectivity index (χ2n) is 3.14. The van der Waals surface area contributed by atoms with Crippen molar-refractivity contribution in [2.45, 2.75) is 39.7 Å². The highest BCUT2D eigenvalue weighted by molar-refractivity contribution is 4.96. The first-order chi connectivity index (χ1) is 5.88. The standard InChI is InChI=1S/C11H18N/c1-3-7-11-8-5-6-10-12(11)9-4-2/h5-6,8,10H,3-4,7,9H2,1-2H3/q+1. The van der Waals surface area contributed by atoms with E-state index in [-0.39, 0.29) is 0 Å². The molecule has 0 saturated carbocycles. The maximum absolute atomic E-state index is 2.35. The molecule has 0 aliphatic carbocycles. The Morgan fingerprint density at radius 2 is 2.00 bits per heavy atom. The zero-order valence-electron chi connectivity index (χ0n) is 8.09. The lowest BCUT2D eigenvalue weighted by Gasteiger charge is -2.00. The molecule has 0 N–H and O–H groups in total. The van der Waals surface area contributed by atoms with E-state index >= 15 is 0 Å². The molecule has 0 bridgehead atoms. The van der Waals surface area contributed by atoms with Crippen molar-refractivity contribution in [3.63, 3.8) is 0 Å². The Morgan fingerprint density at radius 3 is 2.67 bits per heavy atom. The minimum atomic E-state index is 1.15. The van der Waals surface area contributed by atoms with E-state index in [0.29, 0.717) is 0 Å². The third kappa shape index (κ3) is 2.33. The van der Waals surface area contributed by atoms with E-state index in [1.165, 1.54) is 25.0 Å². The summed E-state index contributed by atoms with van der Waals surface area (Å²) in [6.45, 7) is 5.59. The van der Waals surface area contributed by atoms with Gasteiger partial charge in [0.2, 0.25) is 0 Å². The van der Waals surface area contributed by atoms with E-state index in [0.717, 1.165) is 6.54 Å². The Balaban J connectivity index is 2.77. The van der Waals surface area contributed by atoms with E-state index in [1.807, 2.05) is 0 Å². The van der Waals surface area contributed by atoms with Gasteiger partial charge in [0.1, 0.15) is 6.54 Å². The van der Waals surface area contributed by atoms with Gasteiger partial charge in [0, 0.05) is 25.0 Å². The predicted octanol–water partition coefficient (Wildman–Crippen LogP) is 2.34. The fraction of sp³-hybridized carbons (Fsp3) is 0.545. The Bertz CT molecular complexity index is 205. The summed E-state index contributed by atoms with van der Waals surface area (Å²) < 4.78 is 2.35. The van der Waals surface area contributed by atoms with Crippen LogP contribution in [-0.4, -0.2) is 0 Å². The average Bonchev–Trinajstić information content (AvgIpc) is 2.09. The fourth-order valence-electron chi connectivity index (χ4n) is 1.45. The molecule has 0 radical (unpaired) electrons. The van der Waals surface area contributed by atoms with Gasteiger partial charge < -0.3 is 0 Å². The predicted molar refractivity (Wildman–Crippen MR) is 50.9 cm³/mol. The van der Waals surface area contributed by atoms with Crippen LogP contribution in [0, 0.1) is 0 Å². The van der Waals surface area contributed by atoms with Crippen LogP contribution < -0.4 is 4.57 Å². The van der Waals surface area contributed by atoms with Crippen molar-refractivity contribution in [3.8, 4) is 0 Å². The summed E-state index contributed by atoms with van der Waals surface area (Å²) in [4.78, 5) is 0. The smallest absolute Gasteiger partial charge is 0.181 e. The van der Waals surface area contributed by atoms with Crippen LogP contribution in [0.2, 0.25) is 0 Å². The SMILES string of the molecule is CCCc1cccc[n+]1CCC.